The SMILES string of the molecule is COC(=O)CC(C)SCC(=O)NC(=O)c1ccc[nH]1. The molecule has 0 saturated carbocycles. The maximum Gasteiger partial charge on any atom is 0.306 e. The number of hydrogen-bond acceptors (Lipinski definition) is 5. The second kappa shape index (κ2) is 7.63. The summed E-state index contributed by atoms with van der Waals surface area (Å²) in [5.41, 5.74) is 0.334. The molecule has 1 aromatic heterocycles. The van der Waals surface area contributed by atoms with E-state index >= 15 is 0 Å². The lowest BCUT2D eigenvalue weighted by Gasteiger charge is -2.09. The molecule has 0 saturated heterocycles. The molecule has 1 unspecified atom stereocenters. The highest BCUT2D eigenvalue weighted by Gasteiger charge is 2.14. The summed E-state index contributed by atoms with van der Waals surface area (Å²) in [6.07, 6.45) is 1.84. The summed E-state index contributed by atoms with van der Waals surface area (Å²) in [5, 5.41) is 2.22. The Hall–Kier alpha value is -1.76. The summed E-state index contributed by atoms with van der Waals surface area (Å²) in [7, 11) is 1.32. The van der Waals surface area contributed by atoms with E-state index in [0.29, 0.717) is 5.69 Å². The van der Waals surface area contributed by atoms with Crippen LogP contribution in [0, 0.1) is 0 Å². The number of esters is 1. The number of carbonyl (C=O) groups excluding carboxylic acids is 3. The van der Waals surface area contributed by atoms with E-state index in [-0.39, 0.29) is 29.3 Å². The monoisotopic (exact) mass is 284 g/mol. The van der Waals surface area contributed by atoms with Gasteiger partial charge in [-0.3, -0.25) is 19.7 Å². The van der Waals surface area contributed by atoms with Gasteiger partial charge >= 0.3 is 5.97 Å². The first-order valence-electron chi connectivity index (χ1n) is 5.69. The van der Waals surface area contributed by atoms with Gasteiger partial charge in [0.25, 0.3) is 5.91 Å². The molecule has 1 rings (SSSR count). The fourth-order valence-corrected chi connectivity index (χ4v) is 2.06. The highest BCUT2D eigenvalue weighted by atomic mass is 32.2. The summed E-state index contributed by atoms with van der Waals surface area (Å²) < 4.78 is 4.53. The van der Waals surface area contributed by atoms with Gasteiger partial charge in [-0.2, -0.15) is 0 Å². The molecule has 2 N–H and O–H groups in total. The molecule has 0 radical (unpaired) electrons. The number of ether oxygens (including phenoxy) is 1. The minimum Gasteiger partial charge on any atom is -0.469 e. The van der Waals surface area contributed by atoms with Gasteiger partial charge in [-0.15, -0.1) is 11.8 Å². The number of aromatic nitrogens is 1. The third kappa shape index (κ3) is 5.60. The van der Waals surface area contributed by atoms with Crippen LogP contribution < -0.4 is 5.32 Å². The summed E-state index contributed by atoms with van der Waals surface area (Å²) >= 11 is 1.29. The molecule has 6 nitrogen and oxygen atoms in total. The van der Waals surface area contributed by atoms with Gasteiger partial charge in [-0.25, -0.2) is 0 Å². The normalized spacial score (nSPS) is 11.7. The highest BCUT2D eigenvalue weighted by Crippen LogP contribution is 2.14. The number of rotatable bonds is 6. The van der Waals surface area contributed by atoms with E-state index in [0.717, 1.165) is 0 Å². The van der Waals surface area contributed by atoms with Crippen LogP contribution in [0.15, 0.2) is 18.3 Å². The smallest absolute Gasteiger partial charge is 0.306 e. The Balaban J connectivity index is 2.28. The lowest BCUT2D eigenvalue weighted by molar-refractivity contribution is -0.140. The average Bonchev–Trinajstić information content (AvgIpc) is 2.90. The van der Waals surface area contributed by atoms with Crippen LogP contribution in [0.4, 0.5) is 0 Å². The van der Waals surface area contributed by atoms with Crippen molar-refractivity contribution in [2.45, 2.75) is 18.6 Å². The van der Waals surface area contributed by atoms with Crippen LogP contribution in [0.3, 0.4) is 0 Å². The molecule has 104 valence electrons. The zero-order chi connectivity index (χ0) is 14.3. The van der Waals surface area contributed by atoms with Crippen LogP contribution in [-0.4, -0.2) is 40.9 Å². The van der Waals surface area contributed by atoms with Crippen LogP contribution in [0.5, 0.6) is 0 Å². The predicted octanol–water partition coefficient (Wildman–Crippen LogP) is 0.956. The van der Waals surface area contributed by atoms with Gasteiger partial charge in [0, 0.05) is 11.4 Å². The van der Waals surface area contributed by atoms with Crippen LogP contribution in [0.25, 0.3) is 0 Å². The molecule has 0 fully saturated rings. The van der Waals surface area contributed by atoms with Gasteiger partial charge in [0.15, 0.2) is 0 Å². The quantitative estimate of drug-likeness (QED) is 0.759. The lowest BCUT2D eigenvalue weighted by Crippen LogP contribution is -2.32. The summed E-state index contributed by atoms with van der Waals surface area (Å²) in [6.45, 7) is 1.82. The molecule has 1 aromatic rings. The largest absolute Gasteiger partial charge is 0.469 e. The third-order valence-corrected chi connectivity index (χ3v) is 3.44. The van der Waals surface area contributed by atoms with Crippen molar-refractivity contribution < 1.29 is 19.1 Å². The molecular weight excluding hydrogens is 268 g/mol. The van der Waals surface area contributed by atoms with E-state index in [1.54, 1.807) is 18.3 Å². The first kappa shape index (κ1) is 15.3. The van der Waals surface area contributed by atoms with Gasteiger partial charge in [-0.05, 0) is 12.1 Å². The standard InChI is InChI=1S/C12H16N2O4S/c1-8(6-11(16)18-2)19-7-10(15)14-12(17)9-4-3-5-13-9/h3-5,8,13H,6-7H2,1-2H3,(H,14,15,17). The van der Waals surface area contributed by atoms with Crippen LogP contribution >= 0.6 is 11.8 Å². The zero-order valence-corrected chi connectivity index (χ0v) is 11.6. The number of H-pyrrole nitrogens is 1. The first-order valence-corrected chi connectivity index (χ1v) is 6.73. The third-order valence-electron chi connectivity index (χ3n) is 2.28. The molecule has 1 heterocycles. The van der Waals surface area contributed by atoms with Crippen LogP contribution in [0.2, 0.25) is 0 Å². The molecule has 2 amide bonds. The molecule has 0 aliphatic carbocycles. The Morgan fingerprint density at radius 1 is 1.47 bits per heavy atom. The maximum absolute atomic E-state index is 11.5. The summed E-state index contributed by atoms with van der Waals surface area (Å²) in [4.78, 5) is 36.8. The number of imide groups is 1. The van der Waals surface area contributed by atoms with Crippen molar-refractivity contribution in [1.82, 2.24) is 10.3 Å². The van der Waals surface area contributed by atoms with Crippen LogP contribution in [0.1, 0.15) is 23.8 Å². The Morgan fingerprint density at radius 3 is 2.79 bits per heavy atom. The molecule has 0 bridgehead atoms. The number of hydrogen-bond donors (Lipinski definition) is 2. The van der Waals surface area contributed by atoms with E-state index in [9.17, 15) is 14.4 Å². The second-order valence-electron chi connectivity index (χ2n) is 3.86. The average molecular weight is 284 g/mol. The second-order valence-corrected chi connectivity index (χ2v) is 5.29. The first-order chi connectivity index (χ1) is 9.02. The van der Waals surface area contributed by atoms with Crippen molar-refractivity contribution in [2.75, 3.05) is 12.9 Å². The number of amides is 2. The van der Waals surface area contributed by atoms with E-state index in [2.05, 4.69) is 15.0 Å². The highest BCUT2D eigenvalue weighted by molar-refractivity contribution is 8.00. The topological polar surface area (TPSA) is 88.3 Å². The molecule has 1 atom stereocenters. The van der Waals surface area contributed by atoms with Gasteiger partial charge < -0.3 is 9.72 Å². The van der Waals surface area contributed by atoms with Crippen molar-refractivity contribution in [3.63, 3.8) is 0 Å². The van der Waals surface area contributed by atoms with E-state index < -0.39 is 5.91 Å². The lowest BCUT2D eigenvalue weighted by atomic mass is 10.3. The van der Waals surface area contributed by atoms with E-state index in [1.165, 1.54) is 18.9 Å². The van der Waals surface area contributed by atoms with Crippen LogP contribution in [-0.2, 0) is 14.3 Å². The molecular formula is C12H16N2O4S. The number of aromatic amines is 1. The molecule has 19 heavy (non-hydrogen) atoms. The van der Waals surface area contributed by atoms with Gasteiger partial charge in [-0.1, -0.05) is 6.92 Å². The number of carbonyl (C=O) groups is 3. The fourth-order valence-electron chi connectivity index (χ4n) is 1.30. The molecule has 7 heteroatoms. The van der Waals surface area contributed by atoms with E-state index in [1.807, 2.05) is 6.92 Å². The van der Waals surface area contributed by atoms with Gasteiger partial charge in [0.1, 0.15) is 5.69 Å². The van der Waals surface area contributed by atoms with Gasteiger partial charge in [0.2, 0.25) is 5.91 Å². The Labute approximate surface area is 115 Å². The van der Waals surface area contributed by atoms with E-state index in [4.69, 9.17) is 0 Å². The van der Waals surface area contributed by atoms with Crippen molar-refractivity contribution in [1.29, 1.82) is 0 Å². The Morgan fingerprint density at radius 2 is 2.21 bits per heavy atom. The minimum absolute atomic E-state index is 0.0428. The summed E-state index contributed by atoms with van der Waals surface area (Å²) in [6, 6.07) is 3.25. The summed E-state index contributed by atoms with van der Waals surface area (Å²) in [5.74, 6) is -1.05. The van der Waals surface area contributed by atoms with Crippen molar-refractivity contribution in [3.8, 4) is 0 Å². The predicted molar refractivity (Wildman–Crippen MR) is 71.8 cm³/mol. The Bertz CT molecular complexity index is 445. The fraction of sp³-hybridized carbons (Fsp3) is 0.417. The van der Waals surface area contributed by atoms with Crippen molar-refractivity contribution in [3.05, 3.63) is 24.0 Å². The minimum atomic E-state index is -0.462. The number of methoxy groups -OCH3 is 1. The zero-order valence-electron chi connectivity index (χ0n) is 10.8. The molecule has 0 spiro atoms. The van der Waals surface area contributed by atoms with Crippen molar-refractivity contribution in [2.24, 2.45) is 0 Å². The maximum atomic E-state index is 11.5. The Kier molecular flexibility index (Phi) is 6.14. The number of thioether (sulfide) groups is 1. The van der Waals surface area contributed by atoms with Gasteiger partial charge in [0.05, 0.1) is 19.3 Å². The van der Waals surface area contributed by atoms with Crippen molar-refractivity contribution >= 4 is 29.5 Å². The molecule has 0 aromatic carbocycles. The molecule has 0 aliphatic heterocycles. The molecule has 0 aliphatic rings. The number of nitrogens with one attached hydrogen (secondary N) is 2.